The molecule has 5 heterocycles. The van der Waals surface area contributed by atoms with Crippen LogP contribution in [0.2, 0.25) is 0 Å². The van der Waals surface area contributed by atoms with Gasteiger partial charge >= 0.3 is 47.8 Å². The third-order valence-electron chi connectivity index (χ3n) is 9.08. The molecule has 0 atom stereocenters. The maximum absolute atomic E-state index is 13.9. The minimum atomic E-state index is -1.05. The molecule has 338 valence electrons. The molecule has 8 bridgehead atoms. The molecule has 0 amide bonds. The highest BCUT2D eigenvalue weighted by Crippen LogP contribution is 2.38. The van der Waals surface area contributed by atoms with E-state index in [1.165, 1.54) is 55.4 Å². The fourth-order valence-electron chi connectivity index (χ4n) is 6.77. The van der Waals surface area contributed by atoms with Gasteiger partial charge in [0, 0.05) is 0 Å². The zero-order valence-electron chi connectivity index (χ0n) is 36.4. The first-order valence-electron chi connectivity index (χ1n) is 20.4. The van der Waals surface area contributed by atoms with E-state index in [1.54, 1.807) is 0 Å². The number of hydrogen-bond donors (Lipinski definition) is 2. The van der Waals surface area contributed by atoms with Crippen LogP contribution < -0.4 is 0 Å². The third-order valence-corrected chi connectivity index (χ3v) is 9.08. The van der Waals surface area contributed by atoms with Crippen molar-refractivity contribution in [3.63, 3.8) is 0 Å². The Kier molecular flexibility index (Phi) is 15.5. The largest absolute Gasteiger partial charge is 0.462 e. The summed E-state index contributed by atoms with van der Waals surface area (Å²) < 4.78 is 43.0. The second-order valence-corrected chi connectivity index (χ2v) is 13.0. The first-order chi connectivity index (χ1) is 30.7. The van der Waals surface area contributed by atoms with Crippen LogP contribution >= 0.6 is 0 Å². The topological polar surface area (TPSA) is 268 Å². The molecule has 2 aliphatic rings. The number of aromatic amines is 2. The monoisotopic (exact) mass is 886 g/mol. The van der Waals surface area contributed by atoms with Crippen molar-refractivity contribution in [3.05, 3.63) is 69.3 Å². The smallest absolute Gasteiger partial charge is 0.341 e. The van der Waals surface area contributed by atoms with Gasteiger partial charge in [0.15, 0.2) is 0 Å². The van der Waals surface area contributed by atoms with E-state index in [1.807, 2.05) is 0 Å². The number of rotatable bonds is 16. The molecule has 0 aliphatic carbocycles. The van der Waals surface area contributed by atoms with Gasteiger partial charge in [0.05, 0.1) is 120 Å². The highest BCUT2D eigenvalue weighted by atomic mass is 16.6. The molecule has 0 saturated carbocycles. The van der Waals surface area contributed by atoms with Crippen molar-refractivity contribution >= 4 is 92.1 Å². The standard InChI is InChI=1S/C44H46N4O16/c1-9-57-37(49)29-21-17-23-31(39(51)59-11-3)33(41(53)61-13-5)25(46-23)19-27-35(43(55)63-15-7)36(44(56)64-16-8)28(48-27)20-26-34(42(54)62-14-6)32(40(52)60-12-4)24(47-26)18-22(45-21)30(29)38(50)58-10-2/h17-20,45,48H,9-16H2,1-8H3. The molecule has 0 spiro atoms. The normalized spacial score (nSPS) is 12.0. The fraction of sp³-hybridized carbons (Fsp3) is 0.364. The lowest BCUT2D eigenvalue weighted by Crippen LogP contribution is -2.14. The van der Waals surface area contributed by atoms with Crippen molar-refractivity contribution in [2.75, 3.05) is 52.9 Å². The summed E-state index contributed by atoms with van der Waals surface area (Å²) in [6.07, 6.45) is 0. The highest BCUT2D eigenvalue weighted by molar-refractivity contribution is 6.39. The van der Waals surface area contributed by atoms with Crippen LogP contribution in [0.25, 0.3) is 44.4 Å². The Morgan fingerprint density at radius 1 is 0.328 bits per heavy atom. The Hall–Kier alpha value is -7.64. The molecule has 5 rings (SSSR count). The van der Waals surface area contributed by atoms with Crippen LogP contribution in [0, 0.1) is 0 Å². The van der Waals surface area contributed by atoms with Crippen molar-refractivity contribution in [3.8, 4) is 0 Å². The number of nitrogens with zero attached hydrogens (tertiary/aromatic N) is 2. The maximum atomic E-state index is 13.9. The molecule has 2 aliphatic heterocycles. The Balaban J connectivity index is 2.23. The summed E-state index contributed by atoms with van der Waals surface area (Å²) in [6, 6.07) is 4.65. The number of hydrogen-bond acceptors (Lipinski definition) is 18. The van der Waals surface area contributed by atoms with E-state index in [4.69, 9.17) is 37.9 Å². The van der Waals surface area contributed by atoms with Crippen LogP contribution in [0.5, 0.6) is 0 Å². The van der Waals surface area contributed by atoms with Crippen molar-refractivity contribution < 1.29 is 76.3 Å². The predicted octanol–water partition coefficient (Wildman–Crippen LogP) is 5.10. The van der Waals surface area contributed by atoms with E-state index >= 15 is 0 Å². The summed E-state index contributed by atoms with van der Waals surface area (Å²) in [4.78, 5) is 126. The Labute approximate surface area is 365 Å². The van der Waals surface area contributed by atoms with E-state index in [9.17, 15) is 38.4 Å². The second-order valence-electron chi connectivity index (χ2n) is 13.0. The first-order valence-corrected chi connectivity index (χ1v) is 20.4. The number of carbonyl (C=O) groups excluding carboxylic acids is 8. The molecule has 0 aromatic carbocycles. The second kappa shape index (κ2) is 21.0. The number of nitrogens with one attached hydrogen (secondary N) is 2. The van der Waals surface area contributed by atoms with Crippen molar-refractivity contribution in [2.24, 2.45) is 0 Å². The van der Waals surface area contributed by atoms with E-state index in [0.717, 1.165) is 24.3 Å². The van der Waals surface area contributed by atoms with Crippen LogP contribution in [-0.4, -0.2) is 121 Å². The van der Waals surface area contributed by atoms with Gasteiger partial charge in [-0.15, -0.1) is 0 Å². The minimum Gasteiger partial charge on any atom is -0.462 e. The molecule has 64 heavy (non-hydrogen) atoms. The Morgan fingerprint density at radius 2 is 0.500 bits per heavy atom. The molecule has 2 N–H and O–H groups in total. The summed E-state index contributed by atoms with van der Waals surface area (Å²) in [5.41, 5.74) is -5.56. The van der Waals surface area contributed by atoms with Crippen molar-refractivity contribution in [1.29, 1.82) is 0 Å². The SMILES string of the molecule is CCOC(=O)C1=C(C(=O)OCC)c2cc3[nH]c(cc4nc(cc5[nH]c(cc1n2)c(C(=O)OCC)c5C(=O)OCC)C(C(=O)OCC)=C4C(=O)OCC)c(C(=O)OCC)c3C(=O)OCC. The lowest BCUT2D eigenvalue weighted by Gasteiger charge is -2.08. The van der Waals surface area contributed by atoms with Crippen LogP contribution in [0.15, 0.2) is 24.3 Å². The van der Waals surface area contributed by atoms with Gasteiger partial charge < -0.3 is 47.9 Å². The Morgan fingerprint density at radius 3 is 0.672 bits per heavy atom. The zero-order chi connectivity index (χ0) is 46.8. The fourth-order valence-corrected chi connectivity index (χ4v) is 6.77. The molecule has 0 unspecified atom stereocenters. The molecule has 0 radical (unpaired) electrons. The van der Waals surface area contributed by atoms with Crippen LogP contribution in [0.1, 0.15) is 120 Å². The van der Waals surface area contributed by atoms with E-state index in [-0.39, 0.29) is 97.7 Å². The minimum absolute atomic E-state index is 0.159. The van der Waals surface area contributed by atoms with Gasteiger partial charge in [-0.05, 0) is 79.7 Å². The third kappa shape index (κ3) is 9.39. The summed E-state index contributed by atoms with van der Waals surface area (Å²) in [6.45, 7) is 10.9. The van der Waals surface area contributed by atoms with Crippen LogP contribution in [0.4, 0.5) is 0 Å². The van der Waals surface area contributed by atoms with Crippen LogP contribution in [0.3, 0.4) is 0 Å². The van der Waals surface area contributed by atoms with Gasteiger partial charge in [0.25, 0.3) is 0 Å². The summed E-state index contributed by atoms with van der Waals surface area (Å²) in [7, 11) is 0. The lowest BCUT2D eigenvalue weighted by molar-refractivity contribution is -0.138. The average Bonchev–Trinajstić information content (AvgIpc) is 3.99. The Bertz CT molecular complexity index is 2320. The number of esters is 8. The molecule has 20 heteroatoms. The summed E-state index contributed by atoms with van der Waals surface area (Å²) >= 11 is 0. The van der Waals surface area contributed by atoms with Gasteiger partial charge in [-0.25, -0.2) is 48.3 Å². The number of carbonyl (C=O) groups is 8. The molecule has 20 nitrogen and oxygen atoms in total. The first kappa shape index (κ1) is 47.4. The number of fused-ring (bicyclic) bond motifs is 8. The van der Waals surface area contributed by atoms with E-state index in [2.05, 4.69) is 19.9 Å². The molecular weight excluding hydrogens is 840 g/mol. The maximum Gasteiger partial charge on any atom is 0.341 e. The van der Waals surface area contributed by atoms with Gasteiger partial charge in [-0.1, -0.05) is 0 Å². The molecule has 3 aromatic rings. The zero-order valence-corrected chi connectivity index (χ0v) is 36.4. The van der Waals surface area contributed by atoms with Crippen molar-refractivity contribution in [2.45, 2.75) is 55.4 Å². The lowest BCUT2D eigenvalue weighted by atomic mass is 10.0. The van der Waals surface area contributed by atoms with Gasteiger partial charge in [-0.2, -0.15) is 0 Å². The predicted molar refractivity (Wildman–Crippen MR) is 225 cm³/mol. The average molecular weight is 887 g/mol. The van der Waals surface area contributed by atoms with E-state index < -0.39 is 92.3 Å². The van der Waals surface area contributed by atoms with Gasteiger partial charge in [0.2, 0.25) is 0 Å². The van der Waals surface area contributed by atoms with Gasteiger partial charge in [-0.3, -0.25) is 0 Å². The highest BCUT2D eigenvalue weighted by Gasteiger charge is 2.37. The molecular formula is C44H46N4O16. The molecule has 3 aromatic heterocycles. The summed E-state index contributed by atoms with van der Waals surface area (Å²) in [5.74, 6) is -8.39. The number of aromatic nitrogens is 4. The summed E-state index contributed by atoms with van der Waals surface area (Å²) in [5, 5.41) is 0. The molecule has 0 saturated heterocycles. The van der Waals surface area contributed by atoms with Gasteiger partial charge in [0.1, 0.15) is 22.3 Å². The van der Waals surface area contributed by atoms with Crippen molar-refractivity contribution in [1.82, 2.24) is 19.9 Å². The van der Waals surface area contributed by atoms with E-state index in [0.29, 0.717) is 0 Å². The quantitative estimate of drug-likeness (QED) is 0.140. The molecule has 0 fully saturated rings. The number of H-pyrrole nitrogens is 2. The van der Waals surface area contributed by atoms with Crippen LogP contribution in [-0.2, 0) is 57.1 Å². The number of ether oxygens (including phenoxy) is 8.